The number of piperazine rings is 1. The van der Waals surface area contributed by atoms with Crippen molar-refractivity contribution in [3.05, 3.63) is 46.6 Å². The van der Waals surface area contributed by atoms with Crippen molar-refractivity contribution in [2.24, 2.45) is 0 Å². The quantitative estimate of drug-likeness (QED) is 0.238. The summed E-state index contributed by atoms with van der Waals surface area (Å²) in [6.07, 6.45) is 0.0958. The lowest BCUT2D eigenvalue weighted by molar-refractivity contribution is 0.0240. The van der Waals surface area contributed by atoms with E-state index < -0.39 is 35.0 Å². The summed E-state index contributed by atoms with van der Waals surface area (Å²) in [4.78, 5) is 37.0. The molecule has 45 heavy (non-hydrogen) atoms. The molecule has 1 fully saturated rings. The highest BCUT2D eigenvalue weighted by molar-refractivity contribution is 7.22. The predicted octanol–water partition coefficient (Wildman–Crippen LogP) is 7.72. The number of thiazole rings is 1. The summed E-state index contributed by atoms with van der Waals surface area (Å²) in [6.45, 7) is 11.9. The molecule has 0 saturated carbocycles. The van der Waals surface area contributed by atoms with Crippen LogP contribution in [0.15, 0.2) is 24.4 Å². The molecule has 0 aliphatic carbocycles. The third-order valence-corrected chi connectivity index (χ3v) is 8.04. The standard InChI is InChI=1S/C31H31ClF2N6O4S/c1-30(2,3)43-28(41)38-27-37-24-17(7-8-20(33)26(24)45-27)21-19(32)13-18-23(22(21)34)36-15-16(14-35)25(18)39-9-11-40(12-10-39)29(42)44-31(4,5)6/h7-8,13,15H,9-12H2,1-6H3,(H,37,38,41). The van der Waals surface area contributed by atoms with Gasteiger partial charge in [-0.1, -0.05) is 22.9 Å². The number of pyridine rings is 1. The molecular formula is C31H31ClF2N6O4S. The molecule has 0 unspecified atom stereocenters. The highest BCUT2D eigenvalue weighted by Gasteiger charge is 2.30. The van der Waals surface area contributed by atoms with Crippen LogP contribution in [0.4, 0.5) is 29.2 Å². The molecule has 0 atom stereocenters. The Balaban J connectivity index is 1.54. The summed E-state index contributed by atoms with van der Waals surface area (Å²) in [5.41, 5.74) is -0.541. The van der Waals surface area contributed by atoms with Gasteiger partial charge in [0.2, 0.25) is 0 Å². The molecule has 1 aliphatic rings. The molecule has 1 aliphatic heterocycles. The number of carbonyl (C=O) groups is 2. The fraction of sp³-hybridized carbons (Fsp3) is 0.387. The molecule has 1 N–H and O–H groups in total. The number of nitrogens with zero attached hydrogens (tertiary/aromatic N) is 5. The van der Waals surface area contributed by atoms with Gasteiger partial charge in [-0.05, 0) is 59.7 Å². The van der Waals surface area contributed by atoms with Crippen molar-refractivity contribution in [2.45, 2.75) is 52.7 Å². The number of fused-ring (bicyclic) bond motifs is 2. The van der Waals surface area contributed by atoms with E-state index in [1.807, 2.05) is 4.90 Å². The van der Waals surface area contributed by atoms with Crippen molar-refractivity contribution in [1.82, 2.24) is 14.9 Å². The van der Waals surface area contributed by atoms with Gasteiger partial charge in [0.25, 0.3) is 0 Å². The molecule has 0 spiro atoms. The van der Waals surface area contributed by atoms with E-state index in [0.717, 1.165) is 11.3 Å². The zero-order valence-corrected chi connectivity index (χ0v) is 27.1. The van der Waals surface area contributed by atoms with Gasteiger partial charge in [-0.15, -0.1) is 0 Å². The van der Waals surface area contributed by atoms with Crippen LogP contribution >= 0.6 is 22.9 Å². The molecule has 2 aromatic heterocycles. The van der Waals surface area contributed by atoms with E-state index >= 15 is 4.39 Å². The normalized spacial score (nSPS) is 14.0. The number of aromatic nitrogens is 2. The van der Waals surface area contributed by atoms with Gasteiger partial charge >= 0.3 is 12.2 Å². The van der Waals surface area contributed by atoms with Gasteiger partial charge in [0, 0.05) is 48.9 Å². The SMILES string of the molecule is CC(C)(C)OC(=O)Nc1nc2c(-c3c(Cl)cc4c(N5CCN(C(=O)OC(C)(C)C)CC5)c(C#N)cnc4c3F)ccc(F)c2s1. The number of ether oxygens (including phenoxy) is 2. The summed E-state index contributed by atoms with van der Waals surface area (Å²) >= 11 is 7.61. The minimum absolute atomic E-state index is 0.00640. The van der Waals surface area contributed by atoms with Crippen molar-refractivity contribution in [3.63, 3.8) is 0 Å². The molecule has 2 amide bonds. The average Bonchev–Trinajstić information content (AvgIpc) is 3.36. The van der Waals surface area contributed by atoms with Crippen LogP contribution < -0.4 is 10.2 Å². The largest absolute Gasteiger partial charge is 0.444 e. The van der Waals surface area contributed by atoms with E-state index in [9.17, 15) is 19.2 Å². The number of benzene rings is 2. The zero-order chi connectivity index (χ0) is 32.8. The Kier molecular flexibility index (Phi) is 8.50. The molecular weight excluding hydrogens is 626 g/mol. The van der Waals surface area contributed by atoms with Crippen LogP contribution in [0.1, 0.15) is 47.1 Å². The van der Waals surface area contributed by atoms with Crippen LogP contribution in [0.2, 0.25) is 5.02 Å². The van der Waals surface area contributed by atoms with E-state index in [1.54, 1.807) is 46.4 Å². The Morgan fingerprint density at radius 1 is 1.04 bits per heavy atom. The molecule has 10 nitrogen and oxygen atoms in total. The van der Waals surface area contributed by atoms with Crippen molar-refractivity contribution in [3.8, 4) is 17.2 Å². The van der Waals surface area contributed by atoms with Gasteiger partial charge in [-0.25, -0.2) is 23.4 Å². The van der Waals surface area contributed by atoms with Gasteiger partial charge < -0.3 is 19.3 Å². The van der Waals surface area contributed by atoms with E-state index in [0.29, 0.717) is 37.3 Å². The lowest BCUT2D eigenvalue weighted by atomic mass is 9.99. The molecule has 5 rings (SSSR count). The van der Waals surface area contributed by atoms with E-state index in [1.165, 1.54) is 24.4 Å². The Morgan fingerprint density at radius 2 is 1.71 bits per heavy atom. The number of amides is 2. The predicted molar refractivity (Wildman–Crippen MR) is 170 cm³/mol. The Bertz CT molecular complexity index is 1870. The maximum absolute atomic E-state index is 16.4. The van der Waals surface area contributed by atoms with Gasteiger partial charge in [0.05, 0.1) is 26.5 Å². The maximum Gasteiger partial charge on any atom is 0.413 e. The number of nitrogens with one attached hydrogen (secondary N) is 1. The van der Waals surface area contributed by atoms with Crippen LogP contribution in [0, 0.1) is 23.0 Å². The topological polar surface area (TPSA) is 121 Å². The van der Waals surface area contributed by atoms with Crippen molar-refractivity contribution in [1.29, 1.82) is 5.26 Å². The molecule has 1 saturated heterocycles. The molecule has 14 heteroatoms. The number of halogens is 3. The Labute approximate surface area is 267 Å². The summed E-state index contributed by atoms with van der Waals surface area (Å²) in [5.74, 6) is -1.39. The van der Waals surface area contributed by atoms with E-state index in [2.05, 4.69) is 21.4 Å². The average molecular weight is 657 g/mol. The molecule has 0 bridgehead atoms. The number of rotatable bonds is 3. The van der Waals surface area contributed by atoms with Gasteiger partial charge in [0.1, 0.15) is 28.6 Å². The third-order valence-electron chi connectivity index (χ3n) is 6.77. The van der Waals surface area contributed by atoms with Crippen molar-refractivity contribution in [2.75, 3.05) is 36.4 Å². The van der Waals surface area contributed by atoms with Crippen LogP contribution in [0.5, 0.6) is 0 Å². The van der Waals surface area contributed by atoms with Crippen LogP contribution in [-0.2, 0) is 9.47 Å². The van der Waals surface area contributed by atoms with Crippen molar-refractivity contribution >= 4 is 67.1 Å². The summed E-state index contributed by atoms with van der Waals surface area (Å²) in [5, 5.41) is 12.8. The number of nitriles is 1. The van der Waals surface area contributed by atoms with Crippen LogP contribution in [0.25, 0.3) is 32.2 Å². The Morgan fingerprint density at radius 3 is 2.33 bits per heavy atom. The Hall–Kier alpha value is -4.28. The number of carbonyl (C=O) groups excluding carboxylic acids is 2. The fourth-order valence-corrected chi connectivity index (χ4v) is 6.16. The second kappa shape index (κ2) is 11.9. The highest BCUT2D eigenvalue weighted by Crippen LogP contribution is 2.43. The monoisotopic (exact) mass is 656 g/mol. The van der Waals surface area contributed by atoms with E-state index in [-0.39, 0.29) is 42.6 Å². The molecule has 3 heterocycles. The number of hydrogen-bond acceptors (Lipinski definition) is 9. The molecule has 2 aromatic carbocycles. The van der Waals surface area contributed by atoms with Gasteiger partial charge in [0.15, 0.2) is 10.9 Å². The molecule has 236 valence electrons. The number of hydrogen-bond donors (Lipinski definition) is 1. The lowest BCUT2D eigenvalue weighted by Gasteiger charge is -2.37. The first-order valence-corrected chi connectivity index (χ1v) is 15.3. The second-order valence-corrected chi connectivity index (χ2v) is 13.9. The number of anilines is 2. The second-order valence-electron chi connectivity index (χ2n) is 12.4. The maximum atomic E-state index is 16.4. The third kappa shape index (κ3) is 6.72. The minimum Gasteiger partial charge on any atom is -0.444 e. The lowest BCUT2D eigenvalue weighted by Crippen LogP contribution is -2.50. The summed E-state index contributed by atoms with van der Waals surface area (Å²) < 4.78 is 42.1. The zero-order valence-electron chi connectivity index (χ0n) is 25.5. The molecule has 0 radical (unpaired) electrons. The molecule has 4 aromatic rings. The van der Waals surface area contributed by atoms with Gasteiger partial charge in [-0.3, -0.25) is 10.3 Å². The van der Waals surface area contributed by atoms with Crippen molar-refractivity contribution < 1.29 is 27.8 Å². The van der Waals surface area contributed by atoms with Gasteiger partial charge in [-0.2, -0.15) is 5.26 Å². The van der Waals surface area contributed by atoms with Crippen LogP contribution in [0.3, 0.4) is 0 Å². The minimum atomic E-state index is -0.779. The highest BCUT2D eigenvalue weighted by atomic mass is 35.5. The smallest absolute Gasteiger partial charge is 0.413 e. The first-order chi connectivity index (χ1) is 21.1. The first kappa shape index (κ1) is 32.1. The van der Waals surface area contributed by atoms with Crippen LogP contribution in [-0.4, -0.2) is 64.4 Å². The summed E-state index contributed by atoms with van der Waals surface area (Å²) in [7, 11) is 0. The summed E-state index contributed by atoms with van der Waals surface area (Å²) in [6, 6.07) is 6.20. The fourth-order valence-electron chi connectivity index (χ4n) is 4.98. The van der Waals surface area contributed by atoms with E-state index in [4.69, 9.17) is 21.1 Å². The first-order valence-electron chi connectivity index (χ1n) is 14.1.